The number of nitrogens with zero attached hydrogens (tertiary/aromatic N) is 6. The Hall–Kier alpha value is -3.41. The Kier molecular flexibility index (Phi) is 5.65. The molecular formula is C23H25N7O3S. The zero-order chi connectivity index (χ0) is 22.9. The van der Waals surface area contributed by atoms with E-state index in [-0.39, 0.29) is 6.61 Å². The number of anilines is 2. The summed E-state index contributed by atoms with van der Waals surface area (Å²) in [7, 11) is 0. The summed E-state index contributed by atoms with van der Waals surface area (Å²) >= 11 is 1.63. The number of benzene rings is 1. The second-order valence-corrected chi connectivity index (χ2v) is 9.02. The van der Waals surface area contributed by atoms with Crippen molar-refractivity contribution in [1.29, 1.82) is 0 Å². The molecule has 0 atom stereocenters. The molecule has 3 aromatic heterocycles. The predicted molar refractivity (Wildman–Crippen MR) is 130 cm³/mol. The molecule has 0 radical (unpaired) electrons. The Morgan fingerprint density at radius 3 is 2.76 bits per heavy atom. The van der Waals surface area contributed by atoms with Crippen LogP contribution in [0.25, 0.3) is 16.9 Å². The molecule has 2 aliphatic heterocycles. The predicted octanol–water partition coefficient (Wildman–Crippen LogP) is 2.33. The zero-order valence-electron chi connectivity index (χ0n) is 18.6. The number of piperazine rings is 1. The lowest BCUT2D eigenvalue weighted by Gasteiger charge is -2.34. The van der Waals surface area contributed by atoms with E-state index in [0.29, 0.717) is 30.6 Å². The maximum absolute atomic E-state index is 9.31. The number of hydrogen-bond donors (Lipinski definition) is 2. The molecule has 0 aliphatic carbocycles. The van der Waals surface area contributed by atoms with Crippen molar-refractivity contribution in [2.45, 2.75) is 6.54 Å². The zero-order valence-corrected chi connectivity index (χ0v) is 19.4. The molecule has 2 N–H and O–H groups in total. The maximum Gasteiger partial charge on any atom is 0.231 e. The molecule has 11 heteroatoms. The number of aliphatic hydroxyl groups is 1. The smallest absolute Gasteiger partial charge is 0.231 e. The largest absolute Gasteiger partial charge is 0.454 e. The summed E-state index contributed by atoms with van der Waals surface area (Å²) in [4.78, 5) is 18.9. The van der Waals surface area contributed by atoms with Crippen molar-refractivity contribution in [1.82, 2.24) is 24.4 Å². The van der Waals surface area contributed by atoms with E-state index in [1.54, 1.807) is 17.7 Å². The minimum atomic E-state index is 0.0185. The summed E-state index contributed by atoms with van der Waals surface area (Å²) in [5.41, 5.74) is 3.70. The topological polar surface area (TPSA) is 101 Å². The molecular weight excluding hydrogens is 454 g/mol. The van der Waals surface area contributed by atoms with Crippen LogP contribution in [0.5, 0.6) is 11.5 Å². The van der Waals surface area contributed by atoms with Crippen molar-refractivity contribution >= 4 is 34.3 Å². The Labute approximate surface area is 200 Å². The van der Waals surface area contributed by atoms with Gasteiger partial charge in [-0.1, -0.05) is 6.07 Å². The van der Waals surface area contributed by atoms with Gasteiger partial charge in [-0.25, -0.2) is 4.98 Å². The van der Waals surface area contributed by atoms with Crippen LogP contribution < -0.4 is 19.7 Å². The molecule has 1 saturated heterocycles. The average molecular weight is 480 g/mol. The first-order valence-electron chi connectivity index (χ1n) is 11.3. The van der Waals surface area contributed by atoms with Gasteiger partial charge in [-0.15, -0.1) is 0 Å². The van der Waals surface area contributed by atoms with Gasteiger partial charge < -0.3 is 24.8 Å². The monoisotopic (exact) mass is 479 g/mol. The van der Waals surface area contributed by atoms with Crippen molar-refractivity contribution < 1.29 is 14.6 Å². The molecule has 0 saturated carbocycles. The summed E-state index contributed by atoms with van der Waals surface area (Å²) in [6, 6.07) is 8.19. The van der Waals surface area contributed by atoms with Gasteiger partial charge in [0.1, 0.15) is 6.33 Å². The van der Waals surface area contributed by atoms with Gasteiger partial charge in [0.25, 0.3) is 0 Å². The van der Waals surface area contributed by atoms with E-state index in [1.807, 2.05) is 22.1 Å². The summed E-state index contributed by atoms with van der Waals surface area (Å²) in [6.45, 7) is 5.02. The summed E-state index contributed by atoms with van der Waals surface area (Å²) in [5.74, 6) is 2.95. The molecule has 2 aliphatic rings. The van der Waals surface area contributed by atoms with Crippen LogP contribution in [0.3, 0.4) is 0 Å². The highest BCUT2D eigenvalue weighted by molar-refractivity contribution is 7.08. The van der Waals surface area contributed by atoms with Gasteiger partial charge >= 0.3 is 0 Å². The van der Waals surface area contributed by atoms with Crippen molar-refractivity contribution in [3.05, 3.63) is 46.9 Å². The summed E-state index contributed by atoms with van der Waals surface area (Å²) < 4.78 is 12.9. The van der Waals surface area contributed by atoms with Crippen LogP contribution in [0.2, 0.25) is 0 Å². The number of aromatic nitrogens is 4. The SMILES string of the molecule is OCCNc1nc(N2CCN(Cc3ccc4c(c3)OCO4)CC2)nc2c1ncn2-c1ccsc1. The van der Waals surface area contributed by atoms with Crippen molar-refractivity contribution in [2.24, 2.45) is 0 Å². The standard InChI is InChI=1S/C23H25N7O3S/c31-9-4-24-21-20-22(30(14-25-20)17-3-10-34-13-17)27-23(26-21)29-7-5-28(6-8-29)12-16-1-2-18-19(11-16)33-15-32-18/h1-3,10-11,13-14,31H,4-9,12,15H2,(H,24,26,27). The van der Waals surface area contributed by atoms with Gasteiger partial charge in [0.2, 0.25) is 12.7 Å². The number of imidazole rings is 1. The fourth-order valence-electron chi connectivity index (χ4n) is 4.31. The van der Waals surface area contributed by atoms with Gasteiger partial charge in [-0.2, -0.15) is 21.3 Å². The number of aliphatic hydroxyl groups excluding tert-OH is 1. The van der Waals surface area contributed by atoms with Crippen LogP contribution in [0.15, 0.2) is 41.4 Å². The van der Waals surface area contributed by atoms with E-state index in [4.69, 9.17) is 19.4 Å². The highest BCUT2D eigenvalue weighted by atomic mass is 32.1. The fourth-order valence-corrected chi connectivity index (χ4v) is 4.94. The first-order valence-corrected chi connectivity index (χ1v) is 12.2. The second kappa shape index (κ2) is 9.09. The van der Waals surface area contributed by atoms with Crippen LogP contribution in [-0.2, 0) is 6.54 Å². The molecule has 176 valence electrons. The average Bonchev–Trinajstić information content (AvgIpc) is 3.63. The van der Waals surface area contributed by atoms with Crippen LogP contribution in [-0.4, -0.2) is 75.6 Å². The number of fused-ring (bicyclic) bond motifs is 2. The molecule has 0 amide bonds. The summed E-state index contributed by atoms with van der Waals surface area (Å²) in [5, 5.41) is 16.6. The third-order valence-electron chi connectivity index (χ3n) is 6.07. The van der Waals surface area contributed by atoms with Crippen LogP contribution in [0.4, 0.5) is 11.8 Å². The van der Waals surface area contributed by atoms with Crippen LogP contribution in [0.1, 0.15) is 5.56 Å². The molecule has 6 rings (SSSR count). The highest BCUT2D eigenvalue weighted by Gasteiger charge is 2.23. The Bertz CT molecular complexity index is 1290. The molecule has 4 aromatic rings. The lowest BCUT2D eigenvalue weighted by molar-refractivity contribution is 0.174. The number of thiophene rings is 1. The quantitative estimate of drug-likeness (QED) is 0.414. The molecule has 0 unspecified atom stereocenters. The van der Waals surface area contributed by atoms with E-state index in [1.165, 1.54) is 5.56 Å². The normalized spacial score (nSPS) is 15.9. The lowest BCUT2D eigenvalue weighted by Crippen LogP contribution is -2.46. The molecule has 34 heavy (non-hydrogen) atoms. The van der Waals surface area contributed by atoms with E-state index in [0.717, 1.165) is 55.6 Å². The fraction of sp³-hybridized carbons (Fsp3) is 0.348. The van der Waals surface area contributed by atoms with Crippen LogP contribution >= 0.6 is 11.3 Å². The molecule has 0 bridgehead atoms. The van der Waals surface area contributed by atoms with Gasteiger partial charge in [-0.3, -0.25) is 9.47 Å². The number of rotatable bonds is 7. The Morgan fingerprint density at radius 2 is 1.94 bits per heavy atom. The third-order valence-corrected chi connectivity index (χ3v) is 6.74. The maximum atomic E-state index is 9.31. The molecule has 10 nitrogen and oxygen atoms in total. The minimum Gasteiger partial charge on any atom is -0.454 e. The van der Waals surface area contributed by atoms with Crippen molar-refractivity contribution in [3.63, 3.8) is 0 Å². The Balaban J connectivity index is 1.21. The molecule has 1 fully saturated rings. The molecule has 5 heterocycles. The third kappa shape index (κ3) is 4.02. The van der Waals surface area contributed by atoms with Gasteiger partial charge in [0.05, 0.1) is 12.3 Å². The van der Waals surface area contributed by atoms with E-state index >= 15 is 0 Å². The lowest BCUT2D eigenvalue weighted by atomic mass is 10.1. The van der Waals surface area contributed by atoms with Gasteiger partial charge in [0, 0.05) is 44.6 Å². The number of hydrogen-bond acceptors (Lipinski definition) is 10. The van der Waals surface area contributed by atoms with E-state index < -0.39 is 0 Å². The second-order valence-electron chi connectivity index (χ2n) is 8.24. The van der Waals surface area contributed by atoms with Gasteiger partial charge in [-0.05, 0) is 29.1 Å². The summed E-state index contributed by atoms with van der Waals surface area (Å²) in [6.07, 6.45) is 1.78. The Morgan fingerprint density at radius 1 is 1.06 bits per heavy atom. The number of ether oxygens (including phenoxy) is 2. The molecule has 1 aromatic carbocycles. The first kappa shape index (κ1) is 21.1. The van der Waals surface area contributed by atoms with Crippen molar-refractivity contribution in [2.75, 3.05) is 56.3 Å². The van der Waals surface area contributed by atoms with Gasteiger partial charge in [0.15, 0.2) is 28.5 Å². The first-order chi connectivity index (χ1) is 16.8. The highest BCUT2D eigenvalue weighted by Crippen LogP contribution is 2.33. The minimum absolute atomic E-state index is 0.0185. The van der Waals surface area contributed by atoms with Crippen LogP contribution in [0, 0.1) is 0 Å². The van der Waals surface area contributed by atoms with E-state index in [9.17, 15) is 5.11 Å². The number of nitrogens with one attached hydrogen (secondary N) is 1. The van der Waals surface area contributed by atoms with Crippen molar-refractivity contribution in [3.8, 4) is 17.2 Å². The van der Waals surface area contributed by atoms with E-state index in [2.05, 4.69) is 37.6 Å². The molecule has 0 spiro atoms.